The first-order valence-electron chi connectivity index (χ1n) is 6.16. The highest BCUT2D eigenvalue weighted by Gasteiger charge is 2.15. The Balaban J connectivity index is 2.37. The number of hydrogen-bond acceptors (Lipinski definition) is 3. The number of rotatable bonds is 4. The maximum atomic E-state index is 10.9. The molecule has 0 fully saturated rings. The molecular weight excluding hydrogens is 276 g/mol. The van der Waals surface area contributed by atoms with Crippen molar-refractivity contribution < 1.29 is 4.92 Å². The predicted molar refractivity (Wildman–Crippen MR) is 81.9 cm³/mol. The van der Waals surface area contributed by atoms with Gasteiger partial charge < -0.3 is 4.90 Å². The van der Waals surface area contributed by atoms with Crippen LogP contribution in [0.15, 0.2) is 42.5 Å². The van der Waals surface area contributed by atoms with Crippen molar-refractivity contribution in [2.75, 3.05) is 11.9 Å². The largest absolute Gasteiger partial charge is 0.345 e. The Morgan fingerprint density at radius 1 is 1.15 bits per heavy atom. The summed E-state index contributed by atoms with van der Waals surface area (Å²) < 4.78 is 0. The molecule has 0 atom stereocenters. The summed E-state index contributed by atoms with van der Waals surface area (Å²) in [5.74, 6) is 0.117. The fraction of sp³-hybridized carbons (Fsp3) is 0.200. The lowest BCUT2D eigenvalue weighted by molar-refractivity contribution is -0.385. The predicted octanol–water partition coefficient (Wildman–Crippen LogP) is 4.41. The third kappa shape index (κ3) is 2.91. The molecule has 5 heteroatoms. The minimum atomic E-state index is -0.409. The van der Waals surface area contributed by atoms with Crippen molar-refractivity contribution >= 4 is 28.7 Å². The molecule has 0 N–H and O–H groups in total. The van der Waals surface area contributed by atoms with E-state index in [1.807, 2.05) is 43.1 Å². The standard InChI is InChI=1S/C15H15ClN2O2/c1-11-3-5-13(6-4-11)17(2)14-7-8-15(18(19)20)12(9-14)10-16/h3-9H,10H2,1-2H3. The third-order valence-electron chi connectivity index (χ3n) is 3.21. The van der Waals surface area contributed by atoms with E-state index in [0.29, 0.717) is 5.56 Å². The summed E-state index contributed by atoms with van der Waals surface area (Å²) in [7, 11) is 1.92. The molecule has 0 saturated carbocycles. The number of hydrogen-bond donors (Lipinski definition) is 0. The Labute approximate surface area is 122 Å². The third-order valence-corrected chi connectivity index (χ3v) is 3.50. The van der Waals surface area contributed by atoms with E-state index in [9.17, 15) is 10.1 Å². The van der Waals surface area contributed by atoms with Gasteiger partial charge in [-0.05, 0) is 31.2 Å². The number of benzene rings is 2. The van der Waals surface area contributed by atoms with Gasteiger partial charge in [0, 0.05) is 30.1 Å². The monoisotopic (exact) mass is 290 g/mol. The number of anilines is 2. The van der Waals surface area contributed by atoms with Crippen molar-refractivity contribution in [2.45, 2.75) is 12.8 Å². The Hall–Kier alpha value is -2.07. The number of nitro benzene ring substituents is 1. The summed E-state index contributed by atoms with van der Waals surface area (Å²) in [6.07, 6.45) is 0. The van der Waals surface area contributed by atoms with Crippen LogP contribution >= 0.6 is 11.6 Å². The van der Waals surface area contributed by atoms with Gasteiger partial charge in [-0.1, -0.05) is 17.7 Å². The van der Waals surface area contributed by atoms with Crippen molar-refractivity contribution in [3.8, 4) is 0 Å². The van der Waals surface area contributed by atoms with Crippen molar-refractivity contribution in [3.05, 3.63) is 63.7 Å². The van der Waals surface area contributed by atoms with Gasteiger partial charge in [-0.3, -0.25) is 10.1 Å². The molecule has 2 aromatic rings. The molecule has 0 bridgehead atoms. The summed E-state index contributed by atoms with van der Waals surface area (Å²) in [6.45, 7) is 2.03. The van der Waals surface area contributed by atoms with Gasteiger partial charge in [0.15, 0.2) is 0 Å². The van der Waals surface area contributed by atoms with Crippen molar-refractivity contribution in [3.63, 3.8) is 0 Å². The Bertz CT molecular complexity index is 626. The smallest absolute Gasteiger partial charge is 0.273 e. The van der Waals surface area contributed by atoms with Gasteiger partial charge in [-0.15, -0.1) is 11.6 Å². The van der Waals surface area contributed by atoms with Crippen molar-refractivity contribution in [1.29, 1.82) is 0 Å². The summed E-state index contributed by atoms with van der Waals surface area (Å²) in [6, 6.07) is 13.1. The zero-order chi connectivity index (χ0) is 14.7. The van der Waals surface area contributed by atoms with E-state index < -0.39 is 4.92 Å². The summed E-state index contributed by atoms with van der Waals surface area (Å²) in [4.78, 5) is 12.5. The second-order valence-corrected chi connectivity index (χ2v) is 4.87. The fourth-order valence-corrected chi connectivity index (χ4v) is 2.20. The lowest BCUT2D eigenvalue weighted by atomic mass is 10.1. The lowest BCUT2D eigenvalue weighted by Gasteiger charge is -2.20. The second kappa shape index (κ2) is 5.92. The highest BCUT2D eigenvalue weighted by Crippen LogP contribution is 2.29. The van der Waals surface area contributed by atoms with E-state index >= 15 is 0 Å². The number of alkyl halides is 1. The van der Waals surface area contributed by atoms with Crippen LogP contribution in [0.1, 0.15) is 11.1 Å². The molecule has 2 aromatic carbocycles. The molecule has 0 saturated heterocycles. The number of nitro groups is 1. The molecule has 0 aliphatic carbocycles. The normalized spacial score (nSPS) is 10.3. The van der Waals surface area contributed by atoms with Crippen LogP contribution in [0.4, 0.5) is 17.1 Å². The molecule has 4 nitrogen and oxygen atoms in total. The summed E-state index contributed by atoms with van der Waals surface area (Å²) in [5.41, 5.74) is 3.65. The minimum absolute atomic E-state index is 0.0565. The Kier molecular flexibility index (Phi) is 4.25. The average Bonchev–Trinajstić information content (AvgIpc) is 2.46. The quantitative estimate of drug-likeness (QED) is 0.476. The van der Waals surface area contributed by atoms with Crippen LogP contribution in [0.25, 0.3) is 0 Å². The van der Waals surface area contributed by atoms with Crippen LogP contribution in [0.2, 0.25) is 0 Å². The molecule has 2 rings (SSSR count). The summed E-state index contributed by atoms with van der Waals surface area (Å²) >= 11 is 5.80. The highest BCUT2D eigenvalue weighted by atomic mass is 35.5. The molecular formula is C15H15ClN2O2. The Morgan fingerprint density at radius 2 is 1.75 bits per heavy atom. The first kappa shape index (κ1) is 14.3. The van der Waals surface area contributed by atoms with Crippen LogP contribution in [-0.4, -0.2) is 12.0 Å². The van der Waals surface area contributed by atoms with Crippen molar-refractivity contribution in [1.82, 2.24) is 0 Å². The topological polar surface area (TPSA) is 46.4 Å². The minimum Gasteiger partial charge on any atom is -0.345 e. The molecule has 0 heterocycles. The number of halogens is 1. The SMILES string of the molecule is Cc1ccc(N(C)c2ccc([N+](=O)[O-])c(CCl)c2)cc1. The molecule has 0 radical (unpaired) electrons. The highest BCUT2D eigenvalue weighted by molar-refractivity contribution is 6.17. The Morgan fingerprint density at radius 3 is 2.30 bits per heavy atom. The van der Waals surface area contributed by atoms with Crippen LogP contribution < -0.4 is 4.90 Å². The maximum absolute atomic E-state index is 10.9. The number of aryl methyl sites for hydroxylation is 1. The van der Waals surface area contributed by atoms with Crippen LogP contribution in [0.5, 0.6) is 0 Å². The van der Waals surface area contributed by atoms with Gasteiger partial charge in [-0.25, -0.2) is 0 Å². The molecule has 0 aliphatic heterocycles. The summed E-state index contributed by atoms with van der Waals surface area (Å²) in [5, 5.41) is 10.9. The van der Waals surface area contributed by atoms with Gasteiger partial charge in [0.1, 0.15) is 0 Å². The lowest BCUT2D eigenvalue weighted by Crippen LogP contribution is -2.10. The van der Waals surface area contributed by atoms with Crippen LogP contribution in [-0.2, 0) is 5.88 Å². The van der Waals surface area contributed by atoms with Gasteiger partial charge >= 0.3 is 0 Å². The number of nitrogens with zero attached hydrogens (tertiary/aromatic N) is 2. The maximum Gasteiger partial charge on any atom is 0.273 e. The average molecular weight is 291 g/mol. The molecule has 0 spiro atoms. The molecule has 0 aromatic heterocycles. The zero-order valence-corrected chi connectivity index (χ0v) is 12.1. The van der Waals surface area contributed by atoms with E-state index in [0.717, 1.165) is 11.4 Å². The second-order valence-electron chi connectivity index (χ2n) is 4.60. The molecule has 0 unspecified atom stereocenters. The van der Waals surface area contributed by atoms with E-state index in [1.165, 1.54) is 11.6 Å². The molecule has 104 valence electrons. The van der Waals surface area contributed by atoms with E-state index in [1.54, 1.807) is 12.1 Å². The zero-order valence-electron chi connectivity index (χ0n) is 11.3. The first-order chi connectivity index (χ1) is 9.52. The van der Waals surface area contributed by atoms with E-state index in [2.05, 4.69) is 0 Å². The fourth-order valence-electron chi connectivity index (χ4n) is 1.98. The molecule has 0 aliphatic rings. The van der Waals surface area contributed by atoms with Crippen LogP contribution in [0.3, 0.4) is 0 Å². The molecule has 0 amide bonds. The van der Waals surface area contributed by atoms with E-state index in [-0.39, 0.29) is 11.6 Å². The first-order valence-corrected chi connectivity index (χ1v) is 6.70. The van der Waals surface area contributed by atoms with Gasteiger partial charge in [0.25, 0.3) is 5.69 Å². The van der Waals surface area contributed by atoms with E-state index in [4.69, 9.17) is 11.6 Å². The van der Waals surface area contributed by atoms with Gasteiger partial charge in [0.2, 0.25) is 0 Å². The molecule has 20 heavy (non-hydrogen) atoms. The van der Waals surface area contributed by atoms with Crippen LogP contribution in [0, 0.1) is 17.0 Å². The van der Waals surface area contributed by atoms with Crippen molar-refractivity contribution in [2.24, 2.45) is 0 Å². The van der Waals surface area contributed by atoms with Gasteiger partial charge in [0.05, 0.1) is 10.8 Å². The van der Waals surface area contributed by atoms with Gasteiger partial charge in [-0.2, -0.15) is 0 Å².